The Bertz CT molecular complexity index is 1070. The van der Waals surface area contributed by atoms with E-state index in [2.05, 4.69) is 5.32 Å². The molecule has 0 spiro atoms. The van der Waals surface area contributed by atoms with E-state index in [-0.39, 0.29) is 23.6 Å². The molecule has 0 unspecified atom stereocenters. The Morgan fingerprint density at radius 1 is 1.17 bits per heavy atom. The van der Waals surface area contributed by atoms with Crippen LogP contribution in [0.4, 0.5) is 5.00 Å². The molecule has 0 atom stereocenters. The number of amides is 1. The van der Waals surface area contributed by atoms with Crippen LogP contribution in [-0.4, -0.2) is 22.4 Å². The summed E-state index contributed by atoms with van der Waals surface area (Å²) in [6, 6.07) is 10.8. The SMILES string of the molecule is Cc1ccn(C(=O)c2ccc(NC(=O)c3ccco3)s2)c(=NC2CCCCC2)c1. The van der Waals surface area contributed by atoms with Crippen LogP contribution in [0.15, 0.2) is 58.3 Å². The third-order valence-corrected chi connectivity index (χ3v) is 5.99. The molecular weight excluding hydrogens is 386 g/mol. The van der Waals surface area contributed by atoms with Crippen molar-refractivity contribution >= 4 is 28.2 Å². The molecule has 4 rings (SSSR count). The Labute approximate surface area is 172 Å². The van der Waals surface area contributed by atoms with E-state index in [9.17, 15) is 9.59 Å². The van der Waals surface area contributed by atoms with Gasteiger partial charge in [-0.05, 0) is 61.7 Å². The Morgan fingerprint density at radius 2 is 2.00 bits per heavy atom. The van der Waals surface area contributed by atoms with Gasteiger partial charge in [-0.2, -0.15) is 0 Å². The number of hydrogen-bond donors (Lipinski definition) is 1. The monoisotopic (exact) mass is 409 g/mol. The van der Waals surface area contributed by atoms with E-state index >= 15 is 0 Å². The molecule has 0 saturated heterocycles. The van der Waals surface area contributed by atoms with Crippen molar-refractivity contribution in [1.29, 1.82) is 0 Å². The quantitative estimate of drug-likeness (QED) is 0.683. The van der Waals surface area contributed by atoms with E-state index in [1.165, 1.54) is 36.9 Å². The predicted octanol–water partition coefficient (Wildman–Crippen LogP) is 4.63. The maximum absolute atomic E-state index is 13.1. The van der Waals surface area contributed by atoms with Crippen molar-refractivity contribution in [3.8, 4) is 0 Å². The van der Waals surface area contributed by atoms with Gasteiger partial charge in [0.05, 0.1) is 22.2 Å². The standard InChI is InChI=1S/C22H23N3O3S/c1-15-11-12-25(19(14-15)23-16-6-3-2-4-7-16)22(27)18-9-10-20(29-18)24-21(26)17-8-5-13-28-17/h5,8-14,16H,2-4,6-7H2,1H3,(H,24,26). The van der Waals surface area contributed by atoms with Crippen LogP contribution in [-0.2, 0) is 0 Å². The number of nitrogens with one attached hydrogen (secondary N) is 1. The lowest BCUT2D eigenvalue weighted by atomic mass is 9.96. The van der Waals surface area contributed by atoms with Gasteiger partial charge in [-0.3, -0.25) is 19.1 Å². The fourth-order valence-corrected chi connectivity index (χ4v) is 4.32. The van der Waals surface area contributed by atoms with Gasteiger partial charge in [0.1, 0.15) is 5.49 Å². The molecule has 150 valence electrons. The van der Waals surface area contributed by atoms with Crippen molar-refractivity contribution in [3.05, 3.63) is 70.5 Å². The van der Waals surface area contributed by atoms with Crippen LogP contribution >= 0.6 is 11.3 Å². The number of thiophene rings is 1. The van der Waals surface area contributed by atoms with Crippen LogP contribution < -0.4 is 10.8 Å². The van der Waals surface area contributed by atoms with Crippen molar-refractivity contribution in [2.45, 2.75) is 45.1 Å². The van der Waals surface area contributed by atoms with Crippen LogP contribution in [0, 0.1) is 6.92 Å². The first-order valence-corrected chi connectivity index (χ1v) is 10.6. The summed E-state index contributed by atoms with van der Waals surface area (Å²) in [7, 11) is 0. The second kappa shape index (κ2) is 8.61. The van der Waals surface area contributed by atoms with Gasteiger partial charge >= 0.3 is 0 Å². The summed E-state index contributed by atoms with van der Waals surface area (Å²) >= 11 is 1.23. The molecule has 1 fully saturated rings. The number of hydrogen-bond acceptors (Lipinski definition) is 5. The fourth-order valence-electron chi connectivity index (χ4n) is 3.48. The van der Waals surface area contributed by atoms with E-state index in [1.807, 2.05) is 19.1 Å². The number of carbonyl (C=O) groups is 2. The summed E-state index contributed by atoms with van der Waals surface area (Å²) in [5.41, 5.74) is 1.76. The molecule has 29 heavy (non-hydrogen) atoms. The fraction of sp³-hybridized carbons (Fsp3) is 0.318. The van der Waals surface area contributed by atoms with Gasteiger partial charge in [-0.1, -0.05) is 19.3 Å². The number of aryl methyl sites for hydroxylation is 1. The average molecular weight is 410 g/mol. The molecule has 3 aromatic rings. The molecule has 0 aromatic carbocycles. The van der Waals surface area contributed by atoms with Crippen LogP contribution in [0.5, 0.6) is 0 Å². The third-order valence-electron chi connectivity index (χ3n) is 5.00. The number of aromatic nitrogens is 1. The maximum atomic E-state index is 13.1. The third kappa shape index (κ3) is 4.56. The Balaban J connectivity index is 1.58. The lowest BCUT2D eigenvalue weighted by Crippen LogP contribution is -2.29. The zero-order chi connectivity index (χ0) is 20.2. The first-order valence-electron chi connectivity index (χ1n) is 9.83. The number of rotatable bonds is 4. The Hall–Kier alpha value is -2.93. The lowest BCUT2D eigenvalue weighted by molar-refractivity contribution is 0.0956. The van der Waals surface area contributed by atoms with Crippen molar-refractivity contribution in [2.24, 2.45) is 4.99 Å². The minimum atomic E-state index is -0.341. The summed E-state index contributed by atoms with van der Waals surface area (Å²) in [5.74, 6) is -0.261. The topological polar surface area (TPSA) is 76.6 Å². The van der Waals surface area contributed by atoms with Gasteiger partial charge in [-0.25, -0.2) is 0 Å². The van der Waals surface area contributed by atoms with E-state index in [1.54, 1.807) is 35.0 Å². The average Bonchev–Trinajstić information content (AvgIpc) is 3.41. The lowest BCUT2D eigenvalue weighted by Gasteiger charge is -2.18. The highest BCUT2D eigenvalue weighted by molar-refractivity contribution is 7.18. The highest BCUT2D eigenvalue weighted by Gasteiger charge is 2.17. The van der Waals surface area contributed by atoms with Crippen molar-refractivity contribution in [2.75, 3.05) is 5.32 Å². The van der Waals surface area contributed by atoms with Crippen molar-refractivity contribution < 1.29 is 14.0 Å². The summed E-state index contributed by atoms with van der Waals surface area (Å²) in [6.45, 7) is 2.00. The Morgan fingerprint density at radius 3 is 2.76 bits per heavy atom. The van der Waals surface area contributed by atoms with Gasteiger partial charge in [0, 0.05) is 6.20 Å². The van der Waals surface area contributed by atoms with E-state index < -0.39 is 0 Å². The van der Waals surface area contributed by atoms with Gasteiger partial charge in [0.15, 0.2) is 5.76 Å². The molecule has 7 heteroatoms. The van der Waals surface area contributed by atoms with Gasteiger partial charge < -0.3 is 9.73 Å². The van der Waals surface area contributed by atoms with Crippen LogP contribution in [0.25, 0.3) is 0 Å². The van der Waals surface area contributed by atoms with E-state index in [0.29, 0.717) is 15.4 Å². The highest BCUT2D eigenvalue weighted by atomic mass is 32.1. The number of furan rings is 1. The first kappa shape index (κ1) is 19.4. The number of anilines is 1. The predicted molar refractivity (Wildman–Crippen MR) is 112 cm³/mol. The number of nitrogens with zero attached hydrogens (tertiary/aromatic N) is 2. The van der Waals surface area contributed by atoms with Crippen LogP contribution in [0.1, 0.15) is 57.9 Å². The molecule has 1 N–H and O–H groups in total. The molecule has 0 radical (unpaired) electrons. The van der Waals surface area contributed by atoms with Gasteiger partial charge in [0.2, 0.25) is 0 Å². The molecule has 3 heterocycles. The Kier molecular flexibility index (Phi) is 5.76. The van der Waals surface area contributed by atoms with Gasteiger partial charge in [-0.15, -0.1) is 11.3 Å². The van der Waals surface area contributed by atoms with Crippen LogP contribution in [0.3, 0.4) is 0 Å². The summed E-state index contributed by atoms with van der Waals surface area (Å²) in [5, 5.41) is 3.35. The summed E-state index contributed by atoms with van der Waals surface area (Å²) < 4.78 is 6.70. The van der Waals surface area contributed by atoms with E-state index in [4.69, 9.17) is 9.41 Å². The molecule has 0 aliphatic heterocycles. The molecule has 3 aromatic heterocycles. The minimum absolute atomic E-state index is 0.150. The molecule has 1 saturated carbocycles. The molecule has 1 aliphatic rings. The van der Waals surface area contributed by atoms with Crippen LogP contribution in [0.2, 0.25) is 0 Å². The first-order chi connectivity index (χ1) is 14.1. The zero-order valence-corrected chi connectivity index (χ0v) is 17.1. The molecule has 0 bridgehead atoms. The van der Waals surface area contributed by atoms with E-state index in [0.717, 1.165) is 18.4 Å². The van der Waals surface area contributed by atoms with Gasteiger partial charge in [0.25, 0.3) is 11.8 Å². The summed E-state index contributed by atoms with van der Waals surface area (Å²) in [6.07, 6.45) is 9.02. The van der Waals surface area contributed by atoms with Crippen molar-refractivity contribution in [3.63, 3.8) is 0 Å². The molecular formula is C22H23N3O3S. The minimum Gasteiger partial charge on any atom is -0.459 e. The smallest absolute Gasteiger partial charge is 0.291 e. The highest BCUT2D eigenvalue weighted by Crippen LogP contribution is 2.24. The number of pyridine rings is 1. The maximum Gasteiger partial charge on any atom is 0.291 e. The molecule has 1 aliphatic carbocycles. The number of carbonyl (C=O) groups excluding carboxylic acids is 2. The largest absolute Gasteiger partial charge is 0.459 e. The zero-order valence-electron chi connectivity index (χ0n) is 16.3. The molecule has 6 nitrogen and oxygen atoms in total. The second-order valence-corrected chi connectivity index (χ2v) is 8.34. The van der Waals surface area contributed by atoms with Crippen molar-refractivity contribution in [1.82, 2.24) is 4.57 Å². The normalized spacial score (nSPS) is 15.4. The summed E-state index contributed by atoms with van der Waals surface area (Å²) in [4.78, 5) is 30.7. The molecule has 1 amide bonds. The second-order valence-electron chi connectivity index (χ2n) is 7.25.